The highest BCUT2D eigenvalue weighted by Crippen LogP contribution is 2.41. The lowest BCUT2D eigenvalue weighted by atomic mass is 9.92. The van der Waals surface area contributed by atoms with Crippen LogP contribution < -0.4 is 9.62 Å². The van der Waals surface area contributed by atoms with Crippen LogP contribution in [0.3, 0.4) is 0 Å². The van der Waals surface area contributed by atoms with Crippen molar-refractivity contribution in [3.8, 4) is 6.07 Å². The number of amides is 2. The van der Waals surface area contributed by atoms with E-state index in [1.807, 2.05) is 36.8 Å². The van der Waals surface area contributed by atoms with Crippen molar-refractivity contribution in [2.75, 3.05) is 46.2 Å². The SMILES string of the molecule is COC(=O)C1=C(C)N(c2cccc(C(F)(F)F)c2)C(=N)N(C(=O)NS(=O)(=O)c2ccc(CN(C)CCN(C)C)cc2)C1c1ccc(C#N)cc1. The molecule has 0 aliphatic carbocycles. The highest BCUT2D eigenvalue weighted by molar-refractivity contribution is 7.90. The predicted molar refractivity (Wildman–Crippen MR) is 179 cm³/mol. The standard InChI is InChI=1S/C34H36F3N7O5S/c1-22-29(31(45)49-5)30(25-13-9-23(20-38)10-14-25)44(32(39)43(22)27-8-6-7-26(19-27)34(35,36)37)33(46)40-50(47,48)28-15-11-24(12-16-28)21-42(4)18-17-41(2)3/h6-16,19,30,39H,17-18,21H2,1-5H3,(H,40,46). The normalized spacial score (nSPS) is 15.4. The number of carbonyl (C=O) groups excluding carboxylic acids is 2. The third-order valence-corrected chi connectivity index (χ3v) is 9.28. The van der Waals surface area contributed by atoms with Gasteiger partial charge in [0, 0.05) is 31.0 Å². The van der Waals surface area contributed by atoms with Crippen LogP contribution in [0.4, 0.5) is 23.7 Å². The molecule has 0 bridgehead atoms. The first kappa shape index (κ1) is 37.6. The number of nitrogens with zero attached hydrogens (tertiary/aromatic N) is 5. The van der Waals surface area contributed by atoms with Crippen LogP contribution in [-0.2, 0) is 32.3 Å². The quantitative estimate of drug-likeness (QED) is 0.280. The number of likely N-dealkylation sites (N-methyl/N-ethyl adjacent to an activating group) is 2. The maximum absolute atomic E-state index is 14.1. The lowest BCUT2D eigenvalue weighted by Crippen LogP contribution is -2.57. The minimum atomic E-state index is -4.76. The topological polar surface area (TPSA) is 150 Å². The van der Waals surface area contributed by atoms with Gasteiger partial charge in [0.25, 0.3) is 10.0 Å². The summed E-state index contributed by atoms with van der Waals surface area (Å²) >= 11 is 0. The van der Waals surface area contributed by atoms with E-state index in [0.29, 0.717) is 11.4 Å². The van der Waals surface area contributed by atoms with Crippen molar-refractivity contribution in [3.05, 3.63) is 106 Å². The van der Waals surface area contributed by atoms with E-state index in [2.05, 4.69) is 4.90 Å². The Morgan fingerprint density at radius 2 is 1.66 bits per heavy atom. The minimum Gasteiger partial charge on any atom is -0.466 e. The molecule has 264 valence electrons. The third-order valence-electron chi connectivity index (χ3n) is 7.94. The highest BCUT2D eigenvalue weighted by atomic mass is 32.2. The van der Waals surface area contributed by atoms with E-state index in [4.69, 9.17) is 10.1 Å². The first-order valence-corrected chi connectivity index (χ1v) is 16.6. The fourth-order valence-corrected chi connectivity index (χ4v) is 6.31. The largest absolute Gasteiger partial charge is 0.466 e. The number of hydrogen-bond donors (Lipinski definition) is 2. The molecule has 50 heavy (non-hydrogen) atoms. The Hall–Kier alpha value is -5.24. The van der Waals surface area contributed by atoms with E-state index >= 15 is 0 Å². The molecular formula is C34H36F3N7O5S. The second-order valence-electron chi connectivity index (χ2n) is 11.8. The number of nitriles is 1. The van der Waals surface area contributed by atoms with Crippen molar-refractivity contribution in [3.63, 3.8) is 0 Å². The van der Waals surface area contributed by atoms with Gasteiger partial charge in [-0.05, 0) is 81.7 Å². The Labute approximate surface area is 288 Å². The van der Waals surface area contributed by atoms with Gasteiger partial charge in [0.1, 0.15) is 6.04 Å². The van der Waals surface area contributed by atoms with Crippen molar-refractivity contribution in [2.45, 2.75) is 30.6 Å². The van der Waals surface area contributed by atoms with E-state index in [1.54, 1.807) is 12.1 Å². The van der Waals surface area contributed by atoms with Crippen LogP contribution in [0.1, 0.15) is 35.2 Å². The molecule has 1 atom stereocenters. The fourth-order valence-electron chi connectivity index (χ4n) is 5.37. The number of allylic oxidation sites excluding steroid dienone is 1. The van der Waals surface area contributed by atoms with Gasteiger partial charge in [-0.25, -0.2) is 22.7 Å². The number of halogens is 3. The van der Waals surface area contributed by atoms with E-state index in [9.17, 15) is 36.4 Å². The summed E-state index contributed by atoms with van der Waals surface area (Å²) in [5.41, 5.74) is -0.363. The lowest BCUT2D eigenvalue weighted by Gasteiger charge is -2.43. The maximum atomic E-state index is 14.1. The average Bonchev–Trinajstić information content (AvgIpc) is 3.06. The lowest BCUT2D eigenvalue weighted by molar-refractivity contribution is -0.138. The molecule has 12 nitrogen and oxygen atoms in total. The molecule has 1 aliphatic heterocycles. The van der Waals surface area contributed by atoms with Crippen molar-refractivity contribution >= 4 is 33.7 Å². The summed E-state index contributed by atoms with van der Waals surface area (Å²) in [5.74, 6) is -1.75. The van der Waals surface area contributed by atoms with Crippen LogP contribution in [0.25, 0.3) is 0 Å². The number of sulfonamides is 1. The number of nitrogens with one attached hydrogen (secondary N) is 2. The Morgan fingerprint density at radius 1 is 1.02 bits per heavy atom. The maximum Gasteiger partial charge on any atom is 0.416 e. The number of rotatable bonds is 10. The molecule has 0 spiro atoms. The van der Waals surface area contributed by atoms with E-state index in [-0.39, 0.29) is 33.0 Å². The summed E-state index contributed by atoms with van der Waals surface area (Å²) in [6.45, 7) is 3.49. The van der Waals surface area contributed by atoms with Gasteiger partial charge in [0.15, 0.2) is 0 Å². The minimum absolute atomic E-state index is 0.0476. The molecular weight excluding hydrogens is 675 g/mol. The van der Waals surface area contributed by atoms with Crippen LogP contribution in [0, 0.1) is 16.7 Å². The van der Waals surface area contributed by atoms with Gasteiger partial charge < -0.3 is 14.5 Å². The van der Waals surface area contributed by atoms with Crippen molar-refractivity contribution in [1.82, 2.24) is 19.4 Å². The van der Waals surface area contributed by atoms with Crippen LogP contribution in [0.2, 0.25) is 0 Å². The number of esters is 1. The van der Waals surface area contributed by atoms with Crippen LogP contribution >= 0.6 is 0 Å². The number of urea groups is 1. The molecule has 0 fully saturated rings. The number of methoxy groups -OCH3 is 1. The molecule has 0 aromatic heterocycles. The van der Waals surface area contributed by atoms with Gasteiger partial charge in [-0.2, -0.15) is 18.4 Å². The zero-order valence-electron chi connectivity index (χ0n) is 27.9. The number of ether oxygens (including phenoxy) is 1. The second kappa shape index (κ2) is 15.1. The van der Waals surface area contributed by atoms with Crippen molar-refractivity contribution < 1.29 is 35.9 Å². The van der Waals surface area contributed by atoms with E-state index in [0.717, 1.165) is 48.9 Å². The molecule has 3 aromatic rings. The van der Waals surface area contributed by atoms with E-state index in [1.165, 1.54) is 49.4 Å². The van der Waals surface area contributed by atoms with Crippen molar-refractivity contribution in [1.29, 1.82) is 10.7 Å². The number of hydrogen-bond acceptors (Lipinski definition) is 9. The molecule has 1 heterocycles. The molecule has 1 unspecified atom stereocenters. The summed E-state index contributed by atoms with van der Waals surface area (Å²) in [7, 11) is 2.31. The van der Waals surface area contributed by atoms with Gasteiger partial charge in [-0.1, -0.05) is 30.3 Å². The molecule has 0 radical (unpaired) electrons. The van der Waals surface area contributed by atoms with Crippen LogP contribution in [-0.4, -0.2) is 82.4 Å². The Kier molecular flexibility index (Phi) is 11.4. The highest BCUT2D eigenvalue weighted by Gasteiger charge is 2.45. The predicted octanol–water partition coefficient (Wildman–Crippen LogP) is 4.91. The number of carbonyl (C=O) groups is 2. The van der Waals surface area contributed by atoms with Crippen molar-refractivity contribution in [2.24, 2.45) is 0 Å². The number of guanidine groups is 1. The Bertz CT molecular complexity index is 1940. The Morgan fingerprint density at radius 3 is 2.22 bits per heavy atom. The summed E-state index contributed by atoms with van der Waals surface area (Å²) in [5, 5.41) is 18.4. The van der Waals surface area contributed by atoms with Gasteiger partial charge in [-0.3, -0.25) is 15.2 Å². The third kappa shape index (κ3) is 8.30. The van der Waals surface area contributed by atoms with Gasteiger partial charge in [-0.15, -0.1) is 0 Å². The summed E-state index contributed by atoms with van der Waals surface area (Å²) in [6.07, 6.45) is -4.76. The molecule has 16 heteroatoms. The first-order chi connectivity index (χ1) is 23.5. The van der Waals surface area contributed by atoms with Gasteiger partial charge in [0.05, 0.1) is 34.8 Å². The first-order valence-electron chi connectivity index (χ1n) is 15.1. The average molecular weight is 712 g/mol. The molecule has 3 aromatic carbocycles. The summed E-state index contributed by atoms with van der Waals surface area (Å²) in [4.78, 5) is 32.8. The Balaban J connectivity index is 1.78. The molecule has 1 aliphatic rings. The molecule has 2 amide bonds. The van der Waals surface area contributed by atoms with Gasteiger partial charge in [0.2, 0.25) is 5.96 Å². The van der Waals surface area contributed by atoms with Gasteiger partial charge >= 0.3 is 18.2 Å². The van der Waals surface area contributed by atoms with Crippen LogP contribution in [0.5, 0.6) is 0 Å². The smallest absolute Gasteiger partial charge is 0.416 e. The van der Waals surface area contributed by atoms with Crippen LogP contribution in [0.15, 0.2) is 89.0 Å². The monoisotopic (exact) mass is 711 g/mol. The zero-order chi connectivity index (χ0) is 37.0. The summed E-state index contributed by atoms with van der Waals surface area (Å²) in [6, 6.07) is 14.5. The molecule has 2 N–H and O–H groups in total. The number of anilines is 1. The second-order valence-corrected chi connectivity index (χ2v) is 13.5. The van der Waals surface area contributed by atoms with E-state index < -0.39 is 45.8 Å². The molecule has 0 saturated heterocycles. The number of benzene rings is 3. The fraction of sp³-hybridized carbons (Fsp3) is 0.294. The molecule has 0 saturated carbocycles. The summed E-state index contributed by atoms with van der Waals surface area (Å²) < 4.78 is 75.2. The number of alkyl halides is 3. The zero-order valence-corrected chi connectivity index (χ0v) is 28.8. The molecule has 4 rings (SSSR count).